The summed E-state index contributed by atoms with van der Waals surface area (Å²) < 4.78 is 44.3. The number of alkyl halides is 3. The molecule has 2 saturated carbocycles. The van der Waals surface area contributed by atoms with Crippen LogP contribution in [0, 0.1) is 17.3 Å². The molecular weight excluding hydrogens is 339 g/mol. The number of amides is 1. The molecular formula is C17H26F3NO4. The van der Waals surface area contributed by atoms with Crippen LogP contribution in [0.15, 0.2) is 0 Å². The molecule has 8 heteroatoms. The molecule has 0 aromatic carbocycles. The minimum absolute atomic E-state index is 0.0231. The number of hydrogen-bond acceptors (Lipinski definition) is 3. The van der Waals surface area contributed by atoms with Gasteiger partial charge < -0.3 is 15.2 Å². The zero-order chi connectivity index (χ0) is 19.0. The minimum Gasteiger partial charge on any atom is -0.479 e. The van der Waals surface area contributed by atoms with E-state index in [0.717, 1.165) is 0 Å². The number of rotatable bonds is 5. The summed E-state index contributed by atoms with van der Waals surface area (Å²) >= 11 is 0. The van der Waals surface area contributed by atoms with Gasteiger partial charge in [0.25, 0.3) is 0 Å². The van der Waals surface area contributed by atoms with Gasteiger partial charge in [-0.1, -0.05) is 20.3 Å². The number of carboxylic acid groups (broad SMARTS) is 1. The maximum absolute atomic E-state index is 12.9. The van der Waals surface area contributed by atoms with Crippen LogP contribution in [0.4, 0.5) is 13.2 Å². The van der Waals surface area contributed by atoms with Crippen LogP contribution in [0.2, 0.25) is 0 Å². The van der Waals surface area contributed by atoms with Gasteiger partial charge in [0.05, 0.1) is 12.0 Å². The second-order valence-corrected chi connectivity index (χ2v) is 7.67. The predicted octanol–water partition coefficient (Wildman–Crippen LogP) is 3.13. The summed E-state index contributed by atoms with van der Waals surface area (Å²) in [5, 5.41) is 12.2. The number of carbonyl (C=O) groups excluding carboxylic acids is 1. The van der Waals surface area contributed by atoms with Crippen molar-refractivity contribution in [1.29, 1.82) is 0 Å². The average Bonchev–Trinajstić information content (AvgIpc) is 2.52. The van der Waals surface area contributed by atoms with E-state index in [4.69, 9.17) is 4.74 Å². The molecule has 1 amide bonds. The van der Waals surface area contributed by atoms with Crippen molar-refractivity contribution < 1.29 is 32.6 Å². The fourth-order valence-corrected chi connectivity index (χ4v) is 4.07. The van der Waals surface area contributed by atoms with Crippen molar-refractivity contribution in [2.24, 2.45) is 17.3 Å². The SMILES string of the molecule is CCOC1CC(NC(=O)C2CCCC(C(F)(F)F)C2)(C(=O)O)C1(C)C. The second kappa shape index (κ2) is 6.78. The number of aliphatic carboxylic acids is 1. The standard InChI is InChI=1S/C17H26F3NO4/c1-4-25-12-9-16(14(23)24,15(12,2)3)21-13(22)10-6-5-7-11(8-10)17(18,19)20/h10-12H,4-9H2,1-3H3,(H,21,22)(H,23,24). The minimum atomic E-state index is -4.32. The van der Waals surface area contributed by atoms with Gasteiger partial charge in [0.2, 0.25) is 5.91 Å². The van der Waals surface area contributed by atoms with Gasteiger partial charge in [-0.05, 0) is 26.2 Å². The van der Waals surface area contributed by atoms with Crippen LogP contribution >= 0.6 is 0 Å². The summed E-state index contributed by atoms with van der Waals surface area (Å²) in [5.74, 6) is -4.08. The number of hydrogen-bond donors (Lipinski definition) is 2. The first kappa shape index (κ1) is 20.0. The number of carbonyl (C=O) groups is 2. The molecule has 2 rings (SSSR count). The van der Waals surface area contributed by atoms with E-state index in [-0.39, 0.29) is 25.4 Å². The molecule has 25 heavy (non-hydrogen) atoms. The molecule has 0 aliphatic heterocycles. The van der Waals surface area contributed by atoms with Crippen LogP contribution in [0.3, 0.4) is 0 Å². The molecule has 2 aliphatic rings. The van der Waals surface area contributed by atoms with Crippen molar-refractivity contribution in [3.8, 4) is 0 Å². The zero-order valence-electron chi connectivity index (χ0n) is 14.8. The summed E-state index contributed by atoms with van der Waals surface area (Å²) in [6.45, 7) is 5.62. The number of carboxylic acids is 1. The topological polar surface area (TPSA) is 75.6 Å². The molecule has 4 atom stereocenters. The van der Waals surface area contributed by atoms with Gasteiger partial charge in [0, 0.05) is 24.4 Å². The molecule has 0 aromatic heterocycles. The Balaban J connectivity index is 2.11. The third-order valence-electron chi connectivity index (χ3n) is 5.97. The lowest BCUT2D eigenvalue weighted by molar-refractivity contribution is -0.198. The summed E-state index contributed by atoms with van der Waals surface area (Å²) in [4.78, 5) is 24.4. The lowest BCUT2D eigenvalue weighted by atomic mass is 9.54. The molecule has 0 bridgehead atoms. The van der Waals surface area contributed by atoms with E-state index < -0.39 is 40.8 Å². The van der Waals surface area contributed by atoms with Gasteiger partial charge in [-0.25, -0.2) is 4.79 Å². The highest BCUT2D eigenvalue weighted by Crippen LogP contribution is 2.52. The van der Waals surface area contributed by atoms with E-state index in [1.54, 1.807) is 20.8 Å². The maximum atomic E-state index is 12.9. The van der Waals surface area contributed by atoms with Gasteiger partial charge in [-0.2, -0.15) is 13.2 Å². The third kappa shape index (κ3) is 3.50. The maximum Gasteiger partial charge on any atom is 0.391 e. The fourth-order valence-electron chi connectivity index (χ4n) is 4.07. The highest BCUT2D eigenvalue weighted by molar-refractivity contribution is 5.90. The van der Waals surface area contributed by atoms with Crippen molar-refractivity contribution in [1.82, 2.24) is 5.32 Å². The number of halogens is 3. The molecule has 0 spiro atoms. The zero-order valence-corrected chi connectivity index (χ0v) is 14.8. The summed E-state index contributed by atoms with van der Waals surface area (Å²) in [7, 11) is 0. The first-order valence-electron chi connectivity index (χ1n) is 8.69. The Morgan fingerprint density at radius 3 is 2.40 bits per heavy atom. The van der Waals surface area contributed by atoms with E-state index in [2.05, 4.69) is 5.32 Å². The van der Waals surface area contributed by atoms with Crippen LogP contribution < -0.4 is 5.32 Å². The van der Waals surface area contributed by atoms with Crippen molar-refractivity contribution in [2.45, 2.75) is 70.7 Å². The molecule has 0 saturated heterocycles. The molecule has 0 heterocycles. The Bertz CT molecular complexity index is 534. The quantitative estimate of drug-likeness (QED) is 0.785. The summed E-state index contributed by atoms with van der Waals surface area (Å²) in [6.07, 6.45) is -4.11. The van der Waals surface area contributed by atoms with E-state index in [9.17, 15) is 27.9 Å². The largest absolute Gasteiger partial charge is 0.479 e. The van der Waals surface area contributed by atoms with Crippen LogP contribution in [0.5, 0.6) is 0 Å². The van der Waals surface area contributed by atoms with Gasteiger partial charge in [0.1, 0.15) is 5.54 Å². The van der Waals surface area contributed by atoms with E-state index in [1.807, 2.05) is 0 Å². The summed E-state index contributed by atoms with van der Waals surface area (Å²) in [5.41, 5.74) is -2.35. The molecule has 2 aliphatic carbocycles. The van der Waals surface area contributed by atoms with Gasteiger partial charge >= 0.3 is 12.1 Å². The molecule has 144 valence electrons. The first-order valence-corrected chi connectivity index (χ1v) is 8.69. The van der Waals surface area contributed by atoms with Gasteiger partial charge in [-0.3, -0.25) is 4.79 Å². The van der Waals surface area contributed by atoms with E-state index >= 15 is 0 Å². The normalized spacial score (nSPS) is 34.9. The fraction of sp³-hybridized carbons (Fsp3) is 0.882. The molecule has 0 aromatic rings. The van der Waals surface area contributed by atoms with Gasteiger partial charge in [0.15, 0.2) is 0 Å². The predicted molar refractivity (Wildman–Crippen MR) is 83.8 cm³/mol. The highest BCUT2D eigenvalue weighted by atomic mass is 19.4. The Morgan fingerprint density at radius 1 is 1.28 bits per heavy atom. The monoisotopic (exact) mass is 365 g/mol. The highest BCUT2D eigenvalue weighted by Gasteiger charge is 2.66. The van der Waals surface area contributed by atoms with E-state index in [1.165, 1.54) is 0 Å². The Labute approximate surface area is 145 Å². The third-order valence-corrected chi connectivity index (χ3v) is 5.97. The van der Waals surface area contributed by atoms with Crippen molar-refractivity contribution in [3.05, 3.63) is 0 Å². The molecule has 2 fully saturated rings. The van der Waals surface area contributed by atoms with E-state index in [0.29, 0.717) is 19.4 Å². The van der Waals surface area contributed by atoms with Crippen LogP contribution in [0.25, 0.3) is 0 Å². The van der Waals surface area contributed by atoms with Crippen LogP contribution in [-0.4, -0.2) is 41.4 Å². The van der Waals surface area contributed by atoms with Crippen molar-refractivity contribution in [3.63, 3.8) is 0 Å². The molecule has 5 nitrogen and oxygen atoms in total. The Hall–Kier alpha value is -1.31. The number of nitrogens with one attached hydrogen (secondary N) is 1. The summed E-state index contributed by atoms with van der Waals surface area (Å²) in [6, 6.07) is 0. The first-order chi connectivity index (χ1) is 11.5. The van der Waals surface area contributed by atoms with Crippen molar-refractivity contribution in [2.75, 3.05) is 6.61 Å². The average molecular weight is 365 g/mol. The van der Waals surface area contributed by atoms with Crippen LogP contribution in [0.1, 0.15) is 52.9 Å². The molecule has 2 N–H and O–H groups in total. The smallest absolute Gasteiger partial charge is 0.391 e. The lowest BCUT2D eigenvalue weighted by Crippen LogP contribution is -2.76. The second-order valence-electron chi connectivity index (χ2n) is 7.67. The Morgan fingerprint density at radius 2 is 1.92 bits per heavy atom. The molecule has 4 unspecified atom stereocenters. The Kier molecular flexibility index (Phi) is 5.42. The van der Waals surface area contributed by atoms with Crippen molar-refractivity contribution >= 4 is 11.9 Å². The number of ether oxygens (including phenoxy) is 1. The molecule has 0 radical (unpaired) electrons. The van der Waals surface area contributed by atoms with Crippen LogP contribution in [-0.2, 0) is 14.3 Å². The van der Waals surface area contributed by atoms with Gasteiger partial charge in [-0.15, -0.1) is 0 Å². The lowest BCUT2D eigenvalue weighted by Gasteiger charge is -2.58.